The summed E-state index contributed by atoms with van der Waals surface area (Å²) < 4.78 is 0. The summed E-state index contributed by atoms with van der Waals surface area (Å²) in [5.74, 6) is -0.751. The topological polar surface area (TPSA) is 120 Å². The van der Waals surface area contributed by atoms with Gasteiger partial charge in [0.05, 0.1) is 16.5 Å². The third-order valence-corrected chi connectivity index (χ3v) is 6.40. The number of likely N-dealkylation sites (tertiary alicyclic amines) is 1. The molecule has 8 heteroatoms. The lowest BCUT2D eigenvalue weighted by atomic mass is 9.88. The van der Waals surface area contributed by atoms with Crippen LogP contribution in [0.3, 0.4) is 0 Å². The number of aryl methyl sites for hydroxylation is 2. The normalized spacial score (nSPS) is 14.3. The number of hydrogen-bond acceptors (Lipinski definition) is 5. The number of nitrogens with zero attached hydrogens (tertiary/aromatic N) is 2. The predicted octanol–water partition coefficient (Wildman–Crippen LogP) is 3.37. The van der Waals surface area contributed by atoms with Crippen molar-refractivity contribution in [1.82, 2.24) is 14.9 Å². The van der Waals surface area contributed by atoms with Gasteiger partial charge >= 0.3 is 5.97 Å². The van der Waals surface area contributed by atoms with Gasteiger partial charge in [-0.25, -0.2) is 9.78 Å². The van der Waals surface area contributed by atoms with E-state index in [2.05, 4.69) is 9.97 Å². The maximum atomic E-state index is 12.8. The highest BCUT2D eigenvalue weighted by Crippen LogP contribution is 2.23. The van der Waals surface area contributed by atoms with E-state index < -0.39 is 5.97 Å². The van der Waals surface area contributed by atoms with Gasteiger partial charge in [0.1, 0.15) is 5.82 Å². The lowest BCUT2D eigenvalue weighted by molar-refractivity contribution is -0.132. The first kappa shape index (κ1) is 23.4. The molecular weight excluding hydrogens is 434 g/mol. The van der Waals surface area contributed by atoms with Gasteiger partial charge in [0.15, 0.2) is 5.78 Å². The number of rotatable bonds is 7. The SMILES string of the molecule is Cc1cccc2c(=O)[nH]c(CCCC(=O)N3CCC(C(=O)c4cccc(C(=O)O)c4)CC3)nc12. The Hall–Kier alpha value is -3.81. The smallest absolute Gasteiger partial charge is 0.335 e. The average molecular weight is 462 g/mol. The number of aromatic carboxylic acids is 1. The number of amides is 1. The van der Waals surface area contributed by atoms with Gasteiger partial charge in [-0.1, -0.05) is 24.3 Å². The van der Waals surface area contributed by atoms with Crippen LogP contribution >= 0.6 is 0 Å². The van der Waals surface area contributed by atoms with Crippen molar-refractivity contribution in [2.45, 2.75) is 39.0 Å². The number of aromatic amines is 1. The molecule has 0 radical (unpaired) electrons. The number of aromatic nitrogens is 2. The summed E-state index contributed by atoms with van der Waals surface area (Å²) in [4.78, 5) is 58.1. The zero-order valence-corrected chi connectivity index (χ0v) is 19.0. The number of piperidine rings is 1. The minimum Gasteiger partial charge on any atom is -0.478 e. The maximum absolute atomic E-state index is 12.8. The van der Waals surface area contributed by atoms with E-state index in [0.29, 0.717) is 67.5 Å². The molecule has 2 N–H and O–H groups in total. The van der Waals surface area contributed by atoms with Crippen molar-refractivity contribution in [3.8, 4) is 0 Å². The Kier molecular flexibility index (Phi) is 6.86. The van der Waals surface area contributed by atoms with E-state index in [1.807, 2.05) is 19.1 Å². The summed E-state index contributed by atoms with van der Waals surface area (Å²) in [5.41, 5.74) is 1.95. The van der Waals surface area contributed by atoms with E-state index >= 15 is 0 Å². The Labute approximate surface area is 196 Å². The minimum atomic E-state index is -1.06. The zero-order valence-electron chi connectivity index (χ0n) is 19.0. The molecule has 0 spiro atoms. The van der Waals surface area contributed by atoms with E-state index in [0.717, 1.165) is 5.56 Å². The van der Waals surface area contributed by atoms with Gasteiger partial charge in [0.25, 0.3) is 5.56 Å². The molecule has 1 aliphatic rings. The van der Waals surface area contributed by atoms with Crippen LogP contribution in [-0.2, 0) is 11.2 Å². The molecule has 4 rings (SSSR count). The van der Waals surface area contributed by atoms with Crippen LogP contribution in [0.15, 0.2) is 47.3 Å². The molecule has 34 heavy (non-hydrogen) atoms. The molecule has 1 amide bonds. The lowest BCUT2D eigenvalue weighted by Gasteiger charge is -2.31. The second-order valence-corrected chi connectivity index (χ2v) is 8.74. The molecule has 0 atom stereocenters. The van der Waals surface area contributed by atoms with Gasteiger partial charge in [-0.15, -0.1) is 0 Å². The van der Waals surface area contributed by atoms with Crippen molar-refractivity contribution in [2.24, 2.45) is 5.92 Å². The third kappa shape index (κ3) is 5.06. The molecule has 0 aliphatic carbocycles. The van der Waals surface area contributed by atoms with Gasteiger partial charge in [-0.2, -0.15) is 0 Å². The average Bonchev–Trinajstić information content (AvgIpc) is 2.84. The highest BCUT2D eigenvalue weighted by atomic mass is 16.4. The van der Waals surface area contributed by atoms with Crippen LogP contribution in [0.5, 0.6) is 0 Å². The highest BCUT2D eigenvalue weighted by Gasteiger charge is 2.28. The first-order chi connectivity index (χ1) is 16.3. The number of fused-ring (bicyclic) bond motifs is 1. The predicted molar refractivity (Wildman–Crippen MR) is 127 cm³/mol. The van der Waals surface area contributed by atoms with Crippen molar-refractivity contribution in [3.05, 3.63) is 75.3 Å². The Bertz CT molecular complexity index is 1310. The van der Waals surface area contributed by atoms with Crippen LogP contribution in [0.25, 0.3) is 10.9 Å². The van der Waals surface area contributed by atoms with E-state index in [1.165, 1.54) is 12.1 Å². The summed E-state index contributed by atoms with van der Waals surface area (Å²) in [5, 5.41) is 9.70. The van der Waals surface area contributed by atoms with Crippen molar-refractivity contribution in [1.29, 1.82) is 0 Å². The maximum Gasteiger partial charge on any atom is 0.335 e. The monoisotopic (exact) mass is 461 g/mol. The van der Waals surface area contributed by atoms with Crippen LogP contribution in [0.4, 0.5) is 0 Å². The zero-order chi connectivity index (χ0) is 24.2. The molecule has 2 heterocycles. The van der Waals surface area contributed by atoms with Crippen LogP contribution < -0.4 is 5.56 Å². The number of carbonyl (C=O) groups excluding carboxylic acids is 2. The number of para-hydroxylation sites is 1. The first-order valence-electron chi connectivity index (χ1n) is 11.5. The molecule has 0 bridgehead atoms. The van der Waals surface area contributed by atoms with Crippen molar-refractivity contribution in [2.75, 3.05) is 13.1 Å². The van der Waals surface area contributed by atoms with Gasteiger partial charge in [-0.3, -0.25) is 14.4 Å². The highest BCUT2D eigenvalue weighted by molar-refractivity contribution is 6.00. The van der Waals surface area contributed by atoms with Gasteiger partial charge in [0.2, 0.25) is 5.91 Å². The summed E-state index contributed by atoms with van der Waals surface area (Å²) >= 11 is 0. The number of carboxylic acids is 1. The fourth-order valence-corrected chi connectivity index (χ4v) is 4.47. The number of Topliss-reactive ketones (excluding diaryl/α,β-unsaturated/α-hetero) is 1. The molecule has 0 saturated carbocycles. The molecule has 1 fully saturated rings. The third-order valence-electron chi connectivity index (χ3n) is 6.40. The lowest BCUT2D eigenvalue weighted by Crippen LogP contribution is -2.40. The summed E-state index contributed by atoms with van der Waals surface area (Å²) in [6.45, 7) is 2.91. The van der Waals surface area contributed by atoms with Crippen molar-refractivity contribution >= 4 is 28.6 Å². The molecule has 0 unspecified atom stereocenters. The van der Waals surface area contributed by atoms with Crippen molar-refractivity contribution < 1.29 is 19.5 Å². The fourth-order valence-electron chi connectivity index (χ4n) is 4.47. The van der Waals surface area contributed by atoms with E-state index in [-0.39, 0.29) is 28.7 Å². The molecule has 1 saturated heterocycles. The molecule has 1 aromatic heterocycles. The number of ketones is 1. The fraction of sp³-hybridized carbons (Fsp3) is 0.346. The summed E-state index contributed by atoms with van der Waals surface area (Å²) in [6.07, 6.45) is 2.52. The number of carboxylic acid groups (broad SMARTS) is 1. The number of hydrogen-bond donors (Lipinski definition) is 2. The van der Waals surface area contributed by atoms with Crippen LogP contribution in [0.2, 0.25) is 0 Å². The van der Waals surface area contributed by atoms with E-state index in [9.17, 15) is 19.2 Å². The molecule has 2 aromatic carbocycles. The Morgan fingerprint density at radius 3 is 2.53 bits per heavy atom. The number of nitrogens with one attached hydrogen (secondary N) is 1. The minimum absolute atomic E-state index is 0.0260. The Morgan fingerprint density at radius 2 is 1.79 bits per heavy atom. The Morgan fingerprint density at radius 1 is 1.09 bits per heavy atom. The summed E-state index contributed by atoms with van der Waals surface area (Å²) in [6, 6.07) is 11.6. The molecule has 176 valence electrons. The van der Waals surface area contributed by atoms with Crippen molar-refractivity contribution in [3.63, 3.8) is 0 Å². The molecule has 1 aliphatic heterocycles. The second kappa shape index (κ2) is 9.99. The first-order valence-corrected chi connectivity index (χ1v) is 11.5. The Balaban J connectivity index is 1.29. The standard InChI is InChI=1S/C26H27N3O5/c1-16-5-2-8-20-23(16)27-21(28-25(20)32)9-4-10-22(30)29-13-11-17(12-14-29)24(31)18-6-3-7-19(15-18)26(33)34/h2-3,5-8,15,17H,4,9-14H2,1H3,(H,33,34)(H,27,28,32). The molecular formula is C26H27N3O5. The van der Waals surface area contributed by atoms with Gasteiger partial charge < -0.3 is 15.0 Å². The van der Waals surface area contributed by atoms with Gasteiger partial charge in [0, 0.05) is 37.4 Å². The van der Waals surface area contributed by atoms with E-state index in [4.69, 9.17) is 5.11 Å². The molecule has 3 aromatic rings. The quantitative estimate of drug-likeness (QED) is 0.521. The largest absolute Gasteiger partial charge is 0.478 e. The number of benzene rings is 2. The summed E-state index contributed by atoms with van der Waals surface area (Å²) in [7, 11) is 0. The van der Waals surface area contributed by atoms with Crippen LogP contribution in [0, 0.1) is 12.8 Å². The van der Waals surface area contributed by atoms with Gasteiger partial charge in [-0.05, 0) is 49.9 Å². The van der Waals surface area contributed by atoms with Crippen LogP contribution in [0.1, 0.15) is 57.8 Å². The van der Waals surface area contributed by atoms with E-state index in [1.54, 1.807) is 23.1 Å². The number of H-pyrrole nitrogens is 1. The second-order valence-electron chi connectivity index (χ2n) is 8.74. The molecule has 8 nitrogen and oxygen atoms in total. The van der Waals surface area contributed by atoms with Crippen LogP contribution in [-0.4, -0.2) is 50.7 Å². The number of carbonyl (C=O) groups is 3.